The summed E-state index contributed by atoms with van der Waals surface area (Å²) in [7, 11) is 1.61. The largest absolute Gasteiger partial charge is 0.497 e. The van der Waals surface area contributed by atoms with Crippen molar-refractivity contribution in [2.24, 2.45) is 0 Å². The van der Waals surface area contributed by atoms with Gasteiger partial charge < -0.3 is 19.2 Å². The average molecular weight is 367 g/mol. The van der Waals surface area contributed by atoms with Gasteiger partial charge in [0.2, 0.25) is 17.7 Å². The normalized spacial score (nSPS) is 10.4. The van der Waals surface area contributed by atoms with Crippen LogP contribution in [0.2, 0.25) is 0 Å². The zero-order valence-corrected chi connectivity index (χ0v) is 15.3. The van der Waals surface area contributed by atoms with Crippen LogP contribution in [0.4, 0.5) is 5.69 Å². The highest BCUT2D eigenvalue weighted by Crippen LogP contribution is 2.21. The summed E-state index contributed by atoms with van der Waals surface area (Å²) in [6.45, 7) is 2.53. The fourth-order valence-corrected chi connectivity index (χ4v) is 2.45. The van der Waals surface area contributed by atoms with E-state index in [1.54, 1.807) is 19.2 Å². The molecule has 0 unspecified atom stereocenters. The summed E-state index contributed by atoms with van der Waals surface area (Å²) in [4.78, 5) is 12.1. The number of rotatable bonds is 8. The molecule has 0 radical (unpaired) electrons. The number of carbonyl (C=O) groups is 1. The quantitative estimate of drug-likeness (QED) is 0.653. The fraction of sp³-hybridized carbons (Fsp3) is 0.250. The second-order valence-electron chi connectivity index (χ2n) is 5.74. The molecule has 27 heavy (non-hydrogen) atoms. The maximum atomic E-state index is 12.1. The molecule has 0 aliphatic rings. The Morgan fingerprint density at radius 3 is 2.41 bits per heavy atom. The molecular formula is C20H21N3O4. The van der Waals surface area contributed by atoms with Crippen molar-refractivity contribution >= 4 is 11.6 Å². The molecule has 0 aliphatic carbocycles. The zero-order valence-electron chi connectivity index (χ0n) is 15.3. The number of nitrogens with one attached hydrogen (secondary N) is 1. The summed E-state index contributed by atoms with van der Waals surface area (Å²) in [5, 5.41) is 10.9. The van der Waals surface area contributed by atoms with Gasteiger partial charge in [0.25, 0.3) is 0 Å². The maximum absolute atomic E-state index is 12.1. The number of carbonyl (C=O) groups excluding carboxylic acids is 1. The highest BCUT2D eigenvalue weighted by atomic mass is 16.5. The minimum absolute atomic E-state index is 0.122. The Balaban J connectivity index is 1.52. The van der Waals surface area contributed by atoms with E-state index >= 15 is 0 Å². The zero-order chi connectivity index (χ0) is 19.1. The predicted molar refractivity (Wildman–Crippen MR) is 101 cm³/mol. The number of aryl methyl sites for hydroxylation is 1. The predicted octanol–water partition coefficient (Wildman–Crippen LogP) is 3.72. The third-order valence-corrected chi connectivity index (χ3v) is 3.82. The van der Waals surface area contributed by atoms with E-state index in [1.807, 2.05) is 43.3 Å². The van der Waals surface area contributed by atoms with Crippen molar-refractivity contribution in [3.8, 4) is 23.0 Å². The lowest BCUT2D eigenvalue weighted by molar-refractivity contribution is -0.116. The molecule has 7 nitrogen and oxygen atoms in total. The van der Waals surface area contributed by atoms with Gasteiger partial charge in [-0.05, 0) is 55.5 Å². The molecule has 1 heterocycles. The van der Waals surface area contributed by atoms with Crippen LogP contribution in [0.5, 0.6) is 11.5 Å². The lowest BCUT2D eigenvalue weighted by atomic mass is 10.2. The smallest absolute Gasteiger partial charge is 0.247 e. The number of hydrogen-bond donors (Lipinski definition) is 1. The van der Waals surface area contributed by atoms with Crippen LogP contribution in [0.25, 0.3) is 11.5 Å². The molecule has 0 saturated heterocycles. The van der Waals surface area contributed by atoms with Crippen LogP contribution in [0.1, 0.15) is 19.2 Å². The minimum Gasteiger partial charge on any atom is -0.497 e. The molecule has 3 aromatic rings. The molecule has 0 spiro atoms. The van der Waals surface area contributed by atoms with Gasteiger partial charge in [0.1, 0.15) is 11.5 Å². The van der Waals surface area contributed by atoms with Crippen molar-refractivity contribution < 1.29 is 18.7 Å². The topological polar surface area (TPSA) is 86.5 Å². The van der Waals surface area contributed by atoms with E-state index in [1.165, 1.54) is 0 Å². The SMILES string of the molecule is CCOc1ccc(NC(=O)CCc2nnc(-c3ccc(OC)cc3)o2)cc1. The molecule has 0 atom stereocenters. The maximum Gasteiger partial charge on any atom is 0.247 e. The van der Waals surface area contributed by atoms with Gasteiger partial charge in [0.05, 0.1) is 13.7 Å². The number of anilines is 1. The standard InChI is InChI=1S/C20H21N3O4/c1-3-26-17-10-6-15(7-11-17)21-18(24)12-13-19-22-23-20(27-19)14-4-8-16(25-2)9-5-14/h4-11H,3,12-13H2,1-2H3,(H,21,24). The Labute approximate surface area is 157 Å². The number of hydrogen-bond acceptors (Lipinski definition) is 6. The van der Waals surface area contributed by atoms with Crippen LogP contribution in [-0.4, -0.2) is 29.8 Å². The van der Waals surface area contributed by atoms with Gasteiger partial charge in [0.15, 0.2) is 0 Å². The molecule has 1 aromatic heterocycles. The first kappa shape index (κ1) is 18.4. The molecule has 0 fully saturated rings. The molecule has 0 bridgehead atoms. The van der Waals surface area contributed by atoms with Gasteiger partial charge in [-0.15, -0.1) is 10.2 Å². The highest BCUT2D eigenvalue weighted by molar-refractivity contribution is 5.90. The first-order valence-corrected chi connectivity index (χ1v) is 8.67. The minimum atomic E-state index is -0.122. The lowest BCUT2D eigenvalue weighted by Crippen LogP contribution is -2.12. The van der Waals surface area contributed by atoms with Crippen LogP contribution in [0.3, 0.4) is 0 Å². The Kier molecular flexibility index (Phi) is 6.04. The lowest BCUT2D eigenvalue weighted by Gasteiger charge is -2.06. The van der Waals surface area contributed by atoms with E-state index < -0.39 is 0 Å². The molecule has 140 valence electrons. The first-order valence-electron chi connectivity index (χ1n) is 8.67. The van der Waals surface area contributed by atoms with E-state index in [0.717, 1.165) is 17.1 Å². The van der Waals surface area contributed by atoms with E-state index in [4.69, 9.17) is 13.9 Å². The summed E-state index contributed by atoms with van der Waals surface area (Å²) >= 11 is 0. The summed E-state index contributed by atoms with van der Waals surface area (Å²) in [5.74, 6) is 2.24. The van der Waals surface area contributed by atoms with Gasteiger partial charge in [-0.3, -0.25) is 4.79 Å². The second kappa shape index (κ2) is 8.84. The third-order valence-electron chi connectivity index (χ3n) is 3.82. The second-order valence-corrected chi connectivity index (χ2v) is 5.74. The van der Waals surface area contributed by atoms with Crippen molar-refractivity contribution in [3.63, 3.8) is 0 Å². The number of amides is 1. The molecule has 2 aromatic carbocycles. The summed E-state index contributed by atoms with van der Waals surface area (Å²) in [6.07, 6.45) is 0.615. The number of nitrogens with zero attached hydrogens (tertiary/aromatic N) is 2. The molecule has 1 amide bonds. The van der Waals surface area contributed by atoms with Gasteiger partial charge in [-0.2, -0.15) is 0 Å². The number of aromatic nitrogens is 2. The van der Waals surface area contributed by atoms with Crippen LogP contribution < -0.4 is 14.8 Å². The molecular weight excluding hydrogens is 346 g/mol. The van der Waals surface area contributed by atoms with E-state index in [0.29, 0.717) is 30.5 Å². The van der Waals surface area contributed by atoms with Crippen LogP contribution in [-0.2, 0) is 11.2 Å². The van der Waals surface area contributed by atoms with Crippen molar-refractivity contribution in [1.82, 2.24) is 10.2 Å². The van der Waals surface area contributed by atoms with Gasteiger partial charge >= 0.3 is 0 Å². The molecule has 0 saturated carbocycles. The van der Waals surface area contributed by atoms with E-state index in [9.17, 15) is 4.79 Å². The Morgan fingerprint density at radius 2 is 1.74 bits per heavy atom. The van der Waals surface area contributed by atoms with Crippen molar-refractivity contribution in [2.45, 2.75) is 19.8 Å². The number of ether oxygens (including phenoxy) is 2. The fourth-order valence-electron chi connectivity index (χ4n) is 2.45. The highest BCUT2D eigenvalue weighted by Gasteiger charge is 2.11. The monoisotopic (exact) mass is 367 g/mol. The molecule has 0 aliphatic heterocycles. The van der Waals surface area contributed by atoms with Gasteiger partial charge in [-0.1, -0.05) is 0 Å². The summed E-state index contributed by atoms with van der Waals surface area (Å²) in [6, 6.07) is 14.6. The first-order chi connectivity index (χ1) is 13.2. The van der Waals surface area contributed by atoms with E-state index in [2.05, 4.69) is 15.5 Å². The van der Waals surface area contributed by atoms with Crippen molar-refractivity contribution in [2.75, 3.05) is 19.0 Å². The molecule has 1 N–H and O–H groups in total. The van der Waals surface area contributed by atoms with Crippen LogP contribution >= 0.6 is 0 Å². The summed E-state index contributed by atoms with van der Waals surface area (Å²) in [5.41, 5.74) is 1.52. The molecule has 3 rings (SSSR count). The number of benzene rings is 2. The van der Waals surface area contributed by atoms with Gasteiger partial charge in [-0.25, -0.2) is 0 Å². The van der Waals surface area contributed by atoms with Crippen LogP contribution in [0, 0.1) is 0 Å². The van der Waals surface area contributed by atoms with Crippen molar-refractivity contribution in [3.05, 3.63) is 54.4 Å². The Morgan fingerprint density at radius 1 is 1.04 bits per heavy atom. The number of methoxy groups -OCH3 is 1. The Bertz CT molecular complexity index is 873. The van der Waals surface area contributed by atoms with Crippen LogP contribution in [0.15, 0.2) is 52.9 Å². The van der Waals surface area contributed by atoms with Crippen molar-refractivity contribution in [1.29, 1.82) is 0 Å². The third kappa shape index (κ3) is 5.07. The Hall–Kier alpha value is -3.35. The summed E-state index contributed by atoms with van der Waals surface area (Å²) < 4.78 is 16.1. The molecule has 7 heteroatoms. The average Bonchev–Trinajstić information content (AvgIpc) is 3.17. The van der Waals surface area contributed by atoms with E-state index in [-0.39, 0.29) is 12.3 Å². The van der Waals surface area contributed by atoms with Gasteiger partial charge in [0, 0.05) is 24.1 Å².